The van der Waals surface area contributed by atoms with E-state index in [9.17, 15) is 9.59 Å². The summed E-state index contributed by atoms with van der Waals surface area (Å²) in [5, 5.41) is 5.62. The highest BCUT2D eigenvalue weighted by Crippen LogP contribution is 2.25. The van der Waals surface area contributed by atoms with Crippen LogP contribution in [0.5, 0.6) is 0 Å². The number of halogens is 2. The number of anilines is 2. The van der Waals surface area contributed by atoms with Gasteiger partial charge in [0.25, 0.3) is 0 Å². The minimum absolute atomic E-state index is 0.285. The Morgan fingerprint density at radius 2 is 1.52 bits per heavy atom. The molecule has 21 heavy (non-hydrogen) atoms. The molecule has 6 heteroatoms. The molecule has 2 rings (SSSR count). The molecule has 108 valence electrons. The van der Waals surface area contributed by atoms with E-state index in [2.05, 4.69) is 10.6 Å². The van der Waals surface area contributed by atoms with Crippen LogP contribution in [0.2, 0.25) is 10.0 Å². The van der Waals surface area contributed by atoms with E-state index < -0.39 is 11.8 Å². The van der Waals surface area contributed by atoms with Gasteiger partial charge in [-0.05, 0) is 37.3 Å². The van der Waals surface area contributed by atoms with Crippen LogP contribution in [-0.2, 0) is 9.59 Å². The largest absolute Gasteiger partial charge is 0.318 e. The van der Waals surface area contributed by atoms with Crippen LogP contribution >= 0.6 is 23.2 Å². The number of rotatable bonds is 2. The molecule has 4 nitrogen and oxygen atoms in total. The molecule has 0 bridgehead atoms. The van der Waals surface area contributed by atoms with Crippen molar-refractivity contribution in [2.24, 2.45) is 0 Å². The third-order valence-corrected chi connectivity index (χ3v) is 3.26. The molecular weight excluding hydrogens is 311 g/mol. The summed E-state index contributed by atoms with van der Waals surface area (Å²) in [7, 11) is 0. The van der Waals surface area contributed by atoms with Crippen molar-refractivity contribution in [3.05, 3.63) is 58.1 Å². The number of benzene rings is 2. The lowest BCUT2D eigenvalue weighted by Crippen LogP contribution is -2.29. The maximum Gasteiger partial charge on any atom is 0.314 e. The Hall–Kier alpha value is -2.04. The number of amides is 2. The average Bonchev–Trinajstić information content (AvgIpc) is 2.45. The lowest BCUT2D eigenvalue weighted by Gasteiger charge is -2.08. The standard InChI is InChI=1S/C15H12Cl2N2O2/c1-9-2-5-11(6-3-9)18-14(20)15(21)19-13-8-10(16)4-7-12(13)17/h2-8H,1H3,(H,18,20)(H,19,21). The lowest BCUT2D eigenvalue weighted by atomic mass is 10.2. The third kappa shape index (κ3) is 4.21. The number of aryl methyl sites for hydroxylation is 1. The Morgan fingerprint density at radius 1 is 0.905 bits per heavy atom. The van der Waals surface area contributed by atoms with Gasteiger partial charge in [-0.2, -0.15) is 0 Å². The van der Waals surface area contributed by atoms with Crippen molar-refractivity contribution in [1.82, 2.24) is 0 Å². The normalized spacial score (nSPS) is 10.0. The van der Waals surface area contributed by atoms with Crippen LogP contribution in [0, 0.1) is 6.92 Å². The maximum absolute atomic E-state index is 11.8. The molecule has 0 spiro atoms. The van der Waals surface area contributed by atoms with Crippen LogP contribution in [0.25, 0.3) is 0 Å². The van der Waals surface area contributed by atoms with Gasteiger partial charge in [0.1, 0.15) is 0 Å². The molecule has 0 aromatic heterocycles. The van der Waals surface area contributed by atoms with Crippen molar-refractivity contribution in [1.29, 1.82) is 0 Å². The summed E-state index contributed by atoms with van der Waals surface area (Å²) in [6.45, 7) is 1.93. The minimum atomic E-state index is -0.820. The molecule has 0 atom stereocenters. The van der Waals surface area contributed by atoms with E-state index in [4.69, 9.17) is 23.2 Å². The van der Waals surface area contributed by atoms with Gasteiger partial charge in [0, 0.05) is 10.7 Å². The predicted molar refractivity (Wildman–Crippen MR) is 84.9 cm³/mol. The molecule has 0 heterocycles. The summed E-state index contributed by atoms with van der Waals surface area (Å²) in [5.41, 5.74) is 1.88. The average molecular weight is 323 g/mol. The van der Waals surface area contributed by atoms with E-state index in [1.165, 1.54) is 12.1 Å². The zero-order chi connectivity index (χ0) is 15.4. The van der Waals surface area contributed by atoms with E-state index in [-0.39, 0.29) is 5.69 Å². The van der Waals surface area contributed by atoms with Gasteiger partial charge in [0.05, 0.1) is 10.7 Å². The number of hydrogen-bond acceptors (Lipinski definition) is 2. The third-order valence-electron chi connectivity index (χ3n) is 2.69. The lowest BCUT2D eigenvalue weighted by molar-refractivity contribution is -0.132. The summed E-state index contributed by atoms with van der Waals surface area (Å²) in [6, 6.07) is 11.7. The Labute approximate surface area is 132 Å². The highest BCUT2D eigenvalue weighted by Gasteiger charge is 2.15. The van der Waals surface area contributed by atoms with Gasteiger partial charge in [0.15, 0.2) is 0 Å². The SMILES string of the molecule is Cc1ccc(NC(=O)C(=O)Nc2cc(Cl)ccc2Cl)cc1. The molecule has 0 aliphatic carbocycles. The second-order valence-electron chi connectivity index (χ2n) is 4.40. The molecule has 0 unspecified atom stereocenters. The van der Waals surface area contributed by atoms with E-state index in [1.54, 1.807) is 18.2 Å². The molecular formula is C15H12Cl2N2O2. The first-order chi connectivity index (χ1) is 9.95. The zero-order valence-corrected chi connectivity index (χ0v) is 12.6. The molecule has 2 N–H and O–H groups in total. The summed E-state index contributed by atoms with van der Waals surface area (Å²) >= 11 is 11.7. The fourth-order valence-corrected chi connectivity index (χ4v) is 1.93. The Kier molecular flexibility index (Phi) is 4.83. The molecule has 0 aliphatic rings. The minimum Gasteiger partial charge on any atom is -0.318 e. The highest BCUT2D eigenvalue weighted by molar-refractivity contribution is 6.45. The Morgan fingerprint density at radius 3 is 2.19 bits per heavy atom. The van der Waals surface area contributed by atoms with Crippen molar-refractivity contribution < 1.29 is 9.59 Å². The summed E-state index contributed by atoms with van der Waals surface area (Å²) < 4.78 is 0. The van der Waals surface area contributed by atoms with Gasteiger partial charge in [-0.25, -0.2) is 0 Å². The molecule has 0 saturated heterocycles. The van der Waals surface area contributed by atoms with Crippen LogP contribution in [0.1, 0.15) is 5.56 Å². The Bertz CT molecular complexity index is 685. The first kappa shape index (κ1) is 15.4. The number of carbonyl (C=O) groups is 2. The first-order valence-electron chi connectivity index (χ1n) is 6.10. The van der Waals surface area contributed by atoms with Gasteiger partial charge in [-0.3, -0.25) is 9.59 Å². The quantitative estimate of drug-likeness (QED) is 0.824. The number of nitrogens with one attached hydrogen (secondary N) is 2. The molecule has 0 aliphatic heterocycles. The van der Waals surface area contributed by atoms with E-state index >= 15 is 0 Å². The van der Waals surface area contributed by atoms with Gasteiger partial charge >= 0.3 is 11.8 Å². The maximum atomic E-state index is 11.8. The molecule has 2 aromatic rings. The van der Waals surface area contributed by atoms with Gasteiger partial charge in [-0.15, -0.1) is 0 Å². The van der Waals surface area contributed by atoms with Crippen molar-refractivity contribution >= 4 is 46.4 Å². The topological polar surface area (TPSA) is 58.2 Å². The highest BCUT2D eigenvalue weighted by atomic mass is 35.5. The summed E-state index contributed by atoms with van der Waals surface area (Å²) in [6.07, 6.45) is 0. The van der Waals surface area contributed by atoms with Crippen molar-refractivity contribution in [2.45, 2.75) is 6.92 Å². The molecule has 0 saturated carbocycles. The van der Waals surface area contributed by atoms with E-state index in [1.807, 2.05) is 19.1 Å². The van der Waals surface area contributed by atoms with Crippen LogP contribution < -0.4 is 10.6 Å². The van der Waals surface area contributed by atoms with Gasteiger partial charge < -0.3 is 10.6 Å². The summed E-state index contributed by atoms with van der Waals surface area (Å²) in [5.74, 6) is -1.60. The molecule has 0 radical (unpaired) electrons. The smallest absolute Gasteiger partial charge is 0.314 e. The summed E-state index contributed by atoms with van der Waals surface area (Å²) in [4.78, 5) is 23.6. The molecule has 0 fully saturated rings. The van der Waals surface area contributed by atoms with Crippen LogP contribution in [0.4, 0.5) is 11.4 Å². The van der Waals surface area contributed by atoms with Crippen LogP contribution in [0.3, 0.4) is 0 Å². The fraction of sp³-hybridized carbons (Fsp3) is 0.0667. The number of carbonyl (C=O) groups excluding carboxylic acids is 2. The second kappa shape index (κ2) is 6.61. The Balaban J connectivity index is 2.04. The van der Waals surface area contributed by atoms with Crippen LogP contribution in [0.15, 0.2) is 42.5 Å². The molecule has 2 amide bonds. The fourth-order valence-electron chi connectivity index (χ4n) is 1.60. The van der Waals surface area contributed by atoms with Crippen molar-refractivity contribution in [3.63, 3.8) is 0 Å². The molecule has 2 aromatic carbocycles. The number of hydrogen-bond donors (Lipinski definition) is 2. The van der Waals surface area contributed by atoms with Crippen LogP contribution in [-0.4, -0.2) is 11.8 Å². The second-order valence-corrected chi connectivity index (χ2v) is 5.24. The first-order valence-corrected chi connectivity index (χ1v) is 6.85. The van der Waals surface area contributed by atoms with Gasteiger partial charge in [0.2, 0.25) is 0 Å². The zero-order valence-electron chi connectivity index (χ0n) is 11.1. The van der Waals surface area contributed by atoms with E-state index in [0.29, 0.717) is 15.7 Å². The van der Waals surface area contributed by atoms with Gasteiger partial charge in [-0.1, -0.05) is 40.9 Å². The van der Waals surface area contributed by atoms with E-state index in [0.717, 1.165) is 5.56 Å². The van der Waals surface area contributed by atoms with Crippen molar-refractivity contribution in [3.8, 4) is 0 Å². The van der Waals surface area contributed by atoms with Crippen molar-refractivity contribution in [2.75, 3.05) is 10.6 Å². The predicted octanol–water partition coefficient (Wildman–Crippen LogP) is 3.88. The monoisotopic (exact) mass is 322 g/mol.